The van der Waals surface area contributed by atoms with Crippen molar-refractivity contribution in [3.63, 3.8) is 0 Å². The summed E-state index contributed by atoms with van der Waals surface area (Å²) in [7, 11) is 0. The summed E-state index contributed by atoms with van der Waals surface area (Å²) >= 11 is 0. The van der Waals surface area contributed by atoms with E-state index >= 15 is 0 Å². The number of nitrogens with zero attached hydrogens (tertiary/aromatic N) is 1. The molecular weight excluding hydrogens is 348 g/mol. The zero-order valence-electron chi connectivity index (χ0n) is 16.0. The third-order valence-corrected chi connectivity index (χ3v) is 5.26. The normalized spacial score (nSPS) is 11.1. The Morgan fingerprint density at radius 2 is 1.71 bits per heavy atom. The third kappa shape index (κ3) is 3.54. The molecule has 4 rings (SSSR count). The molecule has 0 atom stereocenters. The average molecular weight is 370 g/mol. The van der Waals surface area contributed by atoms with Crippen LogP contribution >= 0.6 is 0 Å². The highest BCUT2D eigenvalue weighted by atomic mass is 16.4. The molecule has 0 saturated carbocycles. The van der Waals surface area contributed by atoms with Crippen LogP contribution < -0.4 is 0 Å². The lowest BCUT2D eigenvalue weighted by Crippen LogP contribution is -1.97. The van der Waals surface area contributed by atoms with E-state index in [-0.39, 0.29) is 6.42 Å². The van der Waals surface area contributed by atoms with Crippen molar-refractivity contribution in [1.29, 1.82) is 0 Å². The van der Waals surface area contributed by atoms with Gasteiger partial charge in [0.05, 0.1) is 0 Å². The lowest BCUT2D eigenvalue weighted by molar-refractivity contribution is -0.136. The summed E-state index contributed by atoms with van der Waals surface area (Å²) in [5.41, 5.74) is 8.87. The summed E-state index contributed by atoms with van der Waals surface area (Å²) in [6, 6.07) is 16.7. The smallest absolute Gasteiger partial charge is 0.303 e. The van der Waals surface area contributed by atoms with E-state index < -0.39 is 5.97 Å². The molecule has 0 spiro atoms. The van der Waals surface area contributed by atoms with E-state index in [0.717, 1.165) is 38.9 Å². The fourth-order valence-corrected chi connectivity index (χ4v) is 3.42. The fourth-order valence-electron chi connectivity index (χ4n) is 3.42. The minimum Gasteiger partial charge on any atom is -0.481 e. The second kappa shape index (κ2) is 7.31. The van der Waals surface area contributed by atoms with E-state index in [2.05, 4.69) is 48.1 Å². The number of aliphatic carboxylic acids is 1. The molecule has 2 aromatic carbocycles. The molecule has 0 fully saturated rings. The zero-order chi connectivity index (χ0) is 19.7. The molecule has 0 amide bonds. The Kier molecular flexibility index (Phi) is 4.70. The van der Waals surface area contributed by atoms with E-state index in [4.69, 9.17) is 5.11 Å². The van der Waals surface area contributed by atoms with Gasteiger partial charge in [-0.2, -0.15) is 0 Å². The van der Waals surface area contributed by atoms with E-state index in [9.17, 15) is 4.79 Å². The van der Waals surface area contributed by atoms with Gasteiger partial charge in [0, 0.05) is 35.3 Å². The topological polar surface area (TPSA) is 66.0 Å². The van der Waals surface area contributed by atoms with E-state index in [1.54, 1.807) is 0 Å². The standard InChI is InChI=1S/C24H22N2O2/c1-15-3-7-19(11-16(15)2)20-12-21-22(14-26-24(21)25-13-20)18-8-4-17(5-9-18)6-10-23(27)28/h3-5,7-9,11-14H,6,10H2,1-2H3,(H,25,26)(H,27,28). The number of H-pyrrole nitrogens is 1. The molecule has 0 aliphatic rings. The van der Waals surface area contributed by atoms with Crippen LogP contribution in [-0.4, -0.2) is 21.0 Å². The van der Waals surface area contributed by atoms with Crippen LogP contribution in [0.15, 0.2) is 60.9 Å². The number of aryl methyl sites for hydroxylation is 3. The van der Waals surface area contributed by atoms with Gasteiger partial charge in [-0.25, -0.2) is 4.98 Å². The molecule has 0 aliphatic heterocycles. The van der Waals surface area contributed by atoms with Gasteiger partial charge in [-0.15, -0.1) is 0 Å². The Bertz CT molecular complexity index is 1160. The van der Waals surface area contributed by atoms with Crippen molar-refractivity contribution >= 4 is 17.0 Å². The lowest BCUT2D eigenvalue weighted by atomic mass is 9.99. The summed E-state index contributed by atoms with van der Waals surface area (Å²) in [5.74, 6) is -0.773. The summed E-state index contributed by atoms with van der Waals surface area (Å²) in [5, 5.41) is 9.92. The van der Waals surface area contributed by atoms with Gasteiger partial charge in [0.1, 0.15) is 5.65 Å². The van der Waals surface area contributed by atoms with Crippen LogP contribution in [-0.2, 0) is 11.2 Å². The Morgan fingerprint density at radius 3 is 2.43 bits per heavy atom. The maximum Gasteiger partial charge on any atom is 0.303 e. The van der Waals surface area contributed by atoms with E-state index in [1.807, 2.05) is 36.7 Å². The number of rotatable bonds is 5. The van der Waals surface area contributed by atoms with Gasteiger partial charge < -0.3 is 10.1 Å². The van der Waals surface area contributed by atoms with Crippen LogP contribution in [0.25, 0.3) is 33.3 Å². The number of carboxylic acid groups (broad SMARTS) is 1. The summed E-state index contributed by atoms with van der Waals surface area (Å²) in [4.78, 5) is 18.6. The number of carbonyl (C=O) groups is 1. The van der Waals surface area contributed by atoms with Crippen LogP contribution in [0.2, 0.25) is 0 Å². The lowest BCUT2D eigenvalue weighted by Gasteiger charge is -2.07. The number of benzene rings is 2. The zero-order valence-corrected chi connectivity index (χ0v) is 16.0. The molecular formula is C24H22N2O2. The first-order chi connectivity index (χ1) is 13.5. The SMILES string of the molecule is Cc1ccc(-c2cnc3[nH]cc(-c4ccc(CCC(=O)O)cc4)c3c2)cc1C. The average Bonchev–Trinajstić information content (AvgIpc) is 3.12. The van der Waals surface area contributed by atoms with Gasteiger partial charge in [0.2, 0.25) is 0 Å². The van der Waals surface area contributed by atoms with Crippen molar-refractivity contribution in [3.8, 4) is 22.3 Å². The molecule has 0 radical (unpaired) electrons. The molecule has 140 valence electrons. The first-order valence-electron chi connectivity index (χ1n) is 9.37. The number of carboxylic acids is 1. The van der Waals surface area contributed by atoms with Crippen molar-refractivity contribution < 1.29 is 9.90 Å². The number of nitrogens with one attached hydrogen (secondary N) is 1. The summed E-state index contributed by atoms with van der Waals surface area (Å²) in [6.45, 7) is 4.24. The second-order valence-electron chi connectivity index (χ2n) is 7.21. The highest BCUT2D eigenvalue weighted by Gasteiger charge is 2.10. The van der Waals surface area contributed by atoms with E-state index in [0.29, 0.717) is 6.42 Å². The van der Waals surface area contributed by atoms with Crippen LogP contribution in [0.1, 0.15) is 23.1 Å². The molecule has 0 aliphatic carbocycles. The maximum absolute atomic E-state index is 10.8. The molecule has 4 nitrogen and oxygen atoms in total. The Morgan fingerprint density at radius 1 is 0.964 bits per heavy atom. The molecule has 0 saturated heterocycles. The van der Waals surface area contributed by atoms with E-state index in [1.165, 1.54) is 11.1 Å². The highest BCUT2D eigenvalue weighted by molar-refractivity contribution is 5.95. The molecule has 2 N–H and O–H groups in total. The minimum absolute atomic E-state index is 0.148. The molecule has 4 aromatic rings. The number of hydrogen-bond donors (Lipinski definition) is 2. The molecule has 28 heavy (non-hydrogen) atoms. The van der Waals surface area contributed by atoms with Crippen molar-refractivity contribution in [2.75, 3.05) is 0 Å². The number of aromatic amines is 1. The van der Waals surface area contributed by atoms with Crippen LogP contribution in [0, 0.1) is 13.8 Å². The Labute approximate surface area is 163 Å². The first kappa shape index (κ1) is 18.0. The third-order valence-electron chi connectivity index (χ3n) is 5.26. The number of hydrogen-bond acceptors (Lipinski definition) is 2. The van der Waals surface area contributed by atoms with Gasteiger partial charge in [0.25, 0.3) is 0 Å². The van der Waals surface area contributed by atoms with Gasteiger partial charge in [-0.3, -0.25) is 4.79 Å². The number of fused-ring (bicyclic) bond motifs is 1. The largest absolute Gasteiger partial charge is 0.481 e. The maximum atomic E-state index is 10.8. The molecule has 2 heterocycles. The van der Waals surface area contributed by atoms with Crippen molar-refractivity contribution in [2.45, 2.75) is 26.7 Å². The fraction of sp³-hybridized carbons (Fsp3) is 0.167. The Hall–Kier alpha value is -3.40. The minimum atomic E-state index is -0.773. The predicted octanol–water partition coefficient (Wildman–Crippen LogP) is 5.53. The second-order valence-corrected chi connectivity index (χ2v) is 7.21. The molecule has 0 unspecified atom stereocenters. The molecule has 4 heteroatoms. The predicted molar refractivity (Wildman–Crippen MR) is 112 cm³/mol. The summed E-state index contributed by atoms with van der Waals surface area (Å²) < 4.78 is 0. The quantitative estimate of drug-likeness (QED) is 0.485. The van der Waals surface area contributed by atoms with Crippen molar-refractivity contribution in [2.24, 2.45) is 0 Å². The van der Waals surface area contributed by atoms with Crippen LogP contribution in [0.4, 0.5) is 0 Å². The Balaban J connectivity index is 1.70. The van der Waals surface area contributed by atoms with Crippen molar-refractivity contribution in [1.82, 2.24) is 9.97 Å². The first-order valence-corrected chi connectivity index (χ1v) is 9.37. The van der Waals surface area contributed by atoms with Gasteiger partial charge in [-0.05, 0) is 54.2 Å². The van der Waals surface area contributed by atoms with Crippen LogP contribution in [0.3, 0.4) is 0 Å². The molecule has 2 aromatic heterocycles. The van der Waals surface area contributed by atoms with Gasteiger partial charge in [0.15, 0.2) is 0 Å². The van der Waals surface area contributed by atoms with Crippen LogP contribution in [0.5, 0.6) is 0 Å². The van der Waals surface area contributed by atoms with Crippen molar-refractivity contribution in [3.05, 3.63) is 77.6 Å². The number of aromatic nitrogens is 2. The van der Waals surface area contributed by atoms with Gasteiger partial charge >= 0.3 is 5.97 Å². The highest BCUT2D eigenvalue weighted by Crippen LogP contribution is 2.31. The van der Waals surface area contributed by atoms with Gasteiger partial charge in [-0.1, -0.05) is 42.5 Å². The summed E-state index contributed by atoms with van der Waals surface area (Å²) in [6.07, 6.45) is 4.58. The molecule has 0 bridgehead atoms. The number of pyridine rings is 1. The monoisotopic (exact) mass is 370 g/mol.